The van der Waals surface area contributed by atoms with Crippen molar-refractivity contribution >= 4 is 49.9 Å². The number of amides is 1. The van der Waals surface area contributed by atoms with Crippen molar-refractivity contribution in [2.45, 2.75) is 30.7 Å². The maximum Gasteiger partial charge on any atom is 0.235 e. The van der Waals surface area contributed by atoms with E-state index in [-0.39, 0.29) is 11.7 Å². The molecule has 4 rings (SSSR count). The van der Waals surface area contributed by atoms with Gasteiger partial charge in [-0.2, -0.15) is 5.26 Å². The Bertz CT molecular complexity index is 1070. The molecule has 1 N–H and O–H groups in total. The number of hydrogen-bond acceptors (Lipinski definition) is 6. The third kappa shape index (κ3) is 4.69. The number of halogens is 1. The van der Waals surface area contributed by atoms with Crippen LogP contribution < -0.4 is 5.32 Å². The molecular formula is C21H17BrN4OS2. The highest BCUT2D eigenvalue weighted by Gasteiger charge is 2.21. The Morgan fingerprint density at radius 3 is 2.69 bits per heavy atom. The van der Waals surface area contributed by atoms with Crippen molar-refractivity contribution in [3.63, 3.8) is 0 Å². The van der Waals surface area contributed by atoms with Crippen LogP contribution in [0.2, 0.25) is 0 Å². The number of thioether (sulfide) groups is 1. The largest absolute Gasteiger partial charge is 0.316 e. The topological polar surface area (TPSA) is 78.7 Å². The van der Waals surface area contributed by atoms with E-state index >= 15 is 0 Å². The van der Waals surface area contributed by atoms with E-state index in [0.717, 1.165) is 47.0 Å². The number of carbonyl (C=O) groups excluding carboxylic acids is 1. The fourth-order valence-electron chi connectivity index (χ4n) is 3.25. The lowest BCUT2D eigenvalue weighted by atomic mass is 9.96. The van der Waals surface area contributed by atoms with E-state index in [4.69, 9.17) is 0 Å². The Morgan fingerprint density at radius 2 is 1.97 bits per heavy atom. The Kier molecular flexibility index (Phi) is 6.28. The summed E-state index contributed by atoms with van der Waals surface area (Å²) >= 11 is 6.29. The van der Waals surface area contributed by atoms with Crippen LogP contribution in [0, 0.1) is 11.3 Å². The van der Waals surface area contributed by atoms with E-state index in [0.29, 0.717) is 15.6 Å². The lowest BCUT2D eigenvalue weighted by Gasteiger charge is -2.09. The number of aromatic nitrogens is 2. The number of nitrogens with zero attached hydrogens (tertiary/aromatic N) is 3. The van der Waals surface area contributed by atoms with Gasteiger partial charge in [0, 0.05) is 14.9 Å². The van der Waals surface area contributed by atoms with Gasteiger partial charge in [-0.05, 0) is 55.5 Å². The van der Waals surface area contributed by atoms with Crippen molar-refractivity contribution in [3.8, 4) is 17.3 Å². The van der Waals surface area contributed by atoms with Crippen LogP contribution in [0.5, 0.6) is 0 Å². The van der Waals surface area contributed by atoms with Gasteiger partial charge in [0.15, 0.2) is 0 Å². The quantitative estimate of drug-likeness (QED) is 0.487. The van der Waals surface area contributed by atoms with Crippen LogP contribution >= 0.6 is 39.0 Å². The highest BCUT2D eigenvalue weighted by Crippen LogP contribution is 2.37. The van der Waals surface area contributed by atoms with E-state index in [1.807, 2.05) is 36.4 Å². The van der Waals surface area contributed by atoms with Crippen molar-refractivity contribution in [2.24, 2.45) is 0 Å². The van der Waals surface area contributed by atoms with Crippen LogP contribution in [0.25, 0.3) is 11.3 Å². The third-order valence-corrected chi connectivity index (χ3v) is 7.32. The highest BCUT2D eigenvalue weighted by atomic mass is 79.9. The molecule has 0 bridgehead atoms. The predicted molar refractivity (Wildman–Crippen MR) is 120 cm³/mol. The summed E-state index contributed by atoms with van der Waals surface area (Å²) < 4.78 is 1.01. The van der Waals surface area contributed by atoms with Crippen LogP contribution in [-0.4, -0.2) is 21.9 Å². The minimum atomic E-state index is -0.135. The Hall–Kier alpha value is -2.21. The summed E-state index contributed by atoms with van der Waals surface area (Å²) in [6.45, 7) is 0. The number of nitriles is 1. The van der Waals surface area contributed by atoms with E-state index in [9.17, 15) is 10.1 Å². The molecule has 0 radical (unpaired) electrons. The van der Waals surface area contributed by atoms with E-state index in [2.05, 4.69) is 37.5 Å². The van der Waals surface area contributed by atoms with Crippen molar-refractivity contribution in [3.05, 3.63) is 56.9 Å². The molecule has 1 amide bonds. The highest BCUT2D eigenvalue weighted by molar-refractivity contribution is 9.10. The number of aryl methyl sites for hydroxylation is 1. The molecule has 1 aliphatic rings. The van der Waals surface area contributed by atoms with Crippen LogP contribution in [-0.2, 0) is 17.6 Å². The normalized spacial score (nSPS) is 12.8. The van der Waals surface area contributed by atoms with Gasteiger partial charge in [0.2, 0.25) is 5.91 Å². The monoisotopic (exact) mass is 484 g/mol. The second kappa shape index (κ2) is 9.08. The fourth-order valence-corrected chi connectivity index (χ4v) is 5.38. The molecule has 0 atom stereocenters. The summed E-state index contributed by atoms with van der Waals surface area (Å²) in [5.74, 6) is 0.0867. The van der Waals surface area contributed by atoms with Gasteiger partial charge in [0.1, 0.15) is 16.1 Å². The predicted octanol–water partition coefficient (Wildman–Crippen LogP) is 5.45. The van der Waals surface area contributed by atoms with Gasteiger partial charge in [-0.3, -0.25) is 4.79 Å². The Labute approximate surface area is 185 Å². The molecule has 2 aromatic heterocycles. The molecule has 0 unspecified atom stereocenters. The zero-order chi connectivity index (χ0) is 20.2. The number of benzene rings is 1. The van der Waals surface area contributed by atoms with Gasteiger partial charge in [-0.25, -0.2) is 0 Å². The molecule has 146 valence electrons. The first-order chi connectivity index (χ1) is 14.1. The molecule has 0 fully saturated rings. The molecule has 0 saturated carbocycles. The first kappa shape index (κ1) is 20.1. The summed E-state index contributed by atoms with van der Waals surface area (Å²) in [6.07, 6.45) is 4.19. The molecule has 1 aliphatic carbocycles. The molecule has 2 heterocycles. The second-order valence-electron chi connectivity index (χ2n) is 6.63. The number of carbonyl (C=O) groups is 1. The first-order valence-corrected chi connectivity index (χ1v) is 11.8. The minimum absolute atomic E-state index is 0.135. The number of rotatable bonds is 5. The van der Waals surface area contributed by atoms with Gasteiger partial charge in [0.25, 0.3) is 0 Å². The number of hydrogen-bond donors (Lipinski definition) is 1. The minimum Gasteiger partial charge on any atom is -0.316 e. The van der Waals surface area contributed by atoms with Crippen LogP contribution in [0.1, 0.15) is 28.8 Å². The third-order valence-electron chi connectivity index (χ3n) is 4.67. The van der Waals surface area contributed by atoms with E-state index in [1.165, 1.54) is 16.6 Å². The molecule has 5 nitrogen and oxygen atoms in total. The van der Waals surface area contributed by atoms with Crippen molar-refractivity contribution in [2.75, 3.05) is 11.1 Å². The molecule has 0 aliphatic heterocycles. The SMILES string of the molecule is N#Cc1c(NC(=O)CSc2ccc(-c3ccc(Br)cc3)nn2)sc2c1CCCC2. The molecular weight excluding hydrogens is 468 g/mol. The zero-order valence-electron chi connectivity index (χ0n) is 15.4. The number of fused-ring (bicyclic) bond motifs is 1. The van der Waals surface area contributed by atoms with E-state index in [1.54, 1.807) is 11.3 Å². The molecule has 1 aromatic carbocycles. The van der Waals surface area contributed by atoms with Gasteiger partial charge in [0.05, 0.1) is 17.0 Å². The summed E-state index contributed by atoms with van der Waals surface area (Å²) in [4.78, 5) is 13.6. The molecule has 29 heavy (non-hydrogen) atoms. The molecule has 8 heteroatoms. The summed E-state index contributed by atoms with van der Waals surface area (Å²) in [6, 6.07) is 13.9. The summed E-state index contributed by atoms with van der Waals surface area (Å²) in [7, 11) is 0. The summed E-state index contributed by atoms with van der Waals surface area (Å²) in [5.41, 5.74) is 3.54. The van der Waals surface area contributed by atoms with Crippen molar-refractivity contribution in [1.29, 1.82) is 5.26 Å². The smallest absolute Gasteiger partial charge is 0.235 e. The zero-order valence-corrected chi connectivity index (χ0v) is 18.7. The van der Waals surface area contributed by atoms with Gasteiger partial charge >= 0.3 is 0 Å². The molecule has 0 saturated heterocycles. The van der Waals surface area contributed by atoms with Crippen LogP contribution in [0.3, 0.4) is 0 Å². The van der Waals surface area contributed by atoms with Gasteiger partial charge < -0.3 is 5.32 Å². The Balaban J connectivity index is 1.37. The first-order valence-electron chi connectivity index (χ1n) is 9.21. The lowest BCUT2D eigenvalue weighted by Crippen LogP contribution is -2.14. The fraction of sp³-hybridized carbons (Fsp3) is 0.238. The standard InChI is InChI=1S/C21H17BrN4OS2/c22-14-7-5-13(6-8-14)17-9-10-20(26-25-17)28-12-19(27)24-21-16(11-23)15-3-1-2-4-18(15)29-21/h5-10H,1-4,12H2,(H,24,27). The molecule has 0 spiro atoms. The second-order valence-corrected chi connectivity index (χ2v) is 9.64. The Morgan fingerprint density at radius 1 is 1.17 bits per heavy atom. The van der Waals surface area contributed by atoms with Crippen molar-refractivity contribution < 1.29 is 4.79 Å². The number of nitrogens with one attached hydrogen (secondary N) is 1. The van der Waals surface area contributed by atoms with Gasteiger partial charge in [-0.1, -0.05) is 39.8 Å². The van der Waals surface area contributed by atoms with Crippen molar-refractivity contribution in [1.82, 2.24) is 10.2 Å². The van der Waals surface area contributed by atoms with Crippen LogP contribution in [0.15, 0.2) is 45.9 Å². The average Bonchev–Trinajstić information content (AvgIpc) is 3.10. The van der Waals surface area contributed by atoms with Crippen LogP contribution in [0.4, 0.5) is 5.00 Å². The maximum absolute atomic E-state index is 12.4. The maximum atomic E-state index is 12.4. The molecule has 3 aromatic rings. The average molecular weight is 485 g/mol. The lowest BCUT2D eigenvalue weighted by molar-refractivity contribution is -0.113. The number of thiophene rings is 1. The van der Waals surface area contributed by atoms with Gasteiger partial charge in [-0.15, -0.1) is 21.5 Å². The number of anilines is 1. The summed E-state index contributed by atoms with van der Waals surface area (Å²) in [5, 5.41) is 22.3. The van der Waals surface area contributed by atoms with E-state index < -0.39 is 0 Å².